The molecule has 0 fully saturated rings. The summed E-state index contributed by atoms with van der Waals surface area (Å²) in [6.45, 7) is 9.87. The van der Waals surface area contributed by atoms with E-state index in [0.29, 0.717) is 5.56 Å². The molecule has 0 aliphatic carbocycles. The molecule has 1 aromatic heterocycles. The lowest BCUT2D eigenvalue weighted by Crippen LogP contribution is -2.38. The monoisotopic (exact) mass is 263 g/mol. The van der Waals surface area contributed by atoms with E-state index in [0.717, 1.165) is 31.6 Å². The highest BCUT2D eigenvalue weighted by Gasteiger charge is 2.21. The van der Waals surface area contributed by atoms with Gasteiger partial charge in [-0.05, 0) is 32.8 Å². The van der Waals surface area contributed by atoms with Gasteiger partial charge in [0, 0.05) is 31.5 Å². The Bertz CT molecular complexity index is 406. The van der Waals surface area contributed by atoms with E-state index in [4.69, 9.17) is 0 Å². The number of aromatic nitrogens is 1. The largest absolute Gasteiger partial charge is 0.384 e. The van der Waals surface area contributed by atoms with Gasteiger partial charge in [-0.25, -0.2) is 0 Å². The van der Waals surface area contributed by atoms with E-state index < -0.39 is 0 Å². The van der Waals surface area contributed by atoms with E-state index in [1.807, 2.05) is 17.9 Å². The van der Waals surface area contributed by atoms with Crippen molar-refractivity contribution in [1.29, 1.82) is 0 Å². The van der Waals surface area contributed by atoms with Crippen molar-refractivity contribution in [2.75, 3.05) is 18.4 Å². The quantitative estimate of drug-likeness (QED) is 0.822. The summed E-state index contributed by atoms with van der Waals surface area (Å²) in [5.41, 5.74) is 1.54. The molecular formula is C15H25N3O. The van der Waals surface area contributed by atoms with E-state index in [-0.39, 0.29) is 11.9 Å². The highest BCUT2D eigenvalue weighted by molar-refractivity contribution is 5.99. The molecule has 0 bridgehead atoms. The summed E-state index contributed by atoms with van der Waals surface area (Å²) in [7, 11) is 0. The Kier molecular flexibility index (Phi) is 6.33. The third-order valence-corrected chi connectivity index (χ3v) is 3.34. The molecule has 19 heavy (non-hydrogen) atoms. The Morgan fingerprint density at radius 2 is 2.16 bits per heavy atom. The zero-order valence-corrected chi connectivity index (χ0v) is 12.4. The number of rotatable bonds is 7. The summed E-state index contributed by atoms with van der Waals surface area (Å²) in [6.07, 6.45) is 5.36. The van der Waals surface area contributed by atoms with Gasteiger partial charge in [-0.15, -0.1) is 0 Å². The van der Waals surface area contributed by atoms with Crippen LogP contribution >= 0.6 is 0 Å². The second kappa shape index (κ2) is 7.77. The van der Waals surface area contributed by atoms with Crippen LogP contribution in [0.5, 0.6) is 0 Å². The van der Waals surface area contributed by atoms with Crippen LogP contribution in [-0.4, -0.2) is 34.9 Å². The molecule has 106 valence electrons. The number of hydrogen-bond acceptors (Lipinski definition) is 3. The van der Waals surface area contributed by atoms with E-state index >= 15 is 0 Å². The van der Waals surface area contributed by atoms with Crippen LogP contribution in [0.3, 0.4) is 0 Å². The Balaban J connectivity index is 2.97. The first kappa shape index (κ1) is 15.5. The van der Waals surface area contributed by atoms with Crippen molar-refractivity contribution < 1.29 is 4.79 Å². The van der Waals surface area contributed by atoms with Crippen molar-refractivity contribution in [1.82, 2.24) is 9.88 Å². The topological polar surface area (TPSA) is 45.2 Å². The molecule has 4 heteroatoms. The number of nitrogens with zero attached hydrogens (tertiary/aromatic N) is 2. The van der Waals surface area contributed by atoms with Gasteiger partial charge in [0.1, 0.15) is 0 Å². The number of hydrogen-bond donors (Lipinski definition) is 1. The molecule has 1 amide bonds. The molecule has 0 aliphatic heterocycles. The van der Waals surface area contributed by atoms with E-state index in [1.54, 1.807) is 12.4 Å². The summed E-state index contributed by atoms with van der Waals surface area (Å²) in [6, 6.07) is 2.12. The standard InChI is InChI=1S/C15H25N3O/c1-5-9-17-14-8-10-16-11-13(14)15(19)18(7-3)12(4)6-2/h8,10-12H,5-7,9H2,1-4H3,(H,16,17). The normalized spacial score (nSPS) is 12.0. The summed E-state index contributed by atoms with van der Waals surface area (Å²) >= 11 is 0. The van der Waals surface area contributed by atoms with Crippen LogP contribution in [0.4, 0.5) is 5.69 Å². The molecule has 1 N–H and O–H groups in total. The average Bonchev–Trinajstić information content (AvgIpc) is 2.45. The summed E-state index contributed by atoms with van der Waals surface area (Å²) < 4.78 is 0. The maximum Gasteiger partial charge on any atom is 0.257 e. The first-order valence-electron chi connectivity index (χ1n) is 7.14. The van der Waals surface area contributed by atoms with E-state index in [1.165, 1.54) is 0 Å². The molecule has 1 aromatic rings. The second-order valence-corrected chi connectivity index (χ2v) is 4.70. The average molecular weight is 263 g/mol. The van der Waals surface area contributed by atoms with Crippen molar-refractivity contribution in [3.8, 4) is 0 Å². The van der Waals surface area contributed by atoms with Gasteiger partial charge >= 0.3 is 0 Å². The Morgan fingerprint density at radius 1 is 1.42 bits per heavy atom. The van der Waals surface area contributed by atoms with Gasteiger partial charge in [0.2, 0.25) is 0 Å². The second-order valence-electron chi connectivity index (χ2n) is 4.70. The molecular weight excluding hydrogens is 238 g/mol. The Hall–Kier alpha value is -1.58. The minimum Gasteiger partial charge on any atom is -0.384 e. The first-order valence-corrected chi connectivity index (χ1v) is 7.14. The lowest BCUT2D eigenvalue weighted by Gasteiger charge is -2.28. The third kappa shape index (κ3) is 3.94. The van der Waals surface area contributed by atoms with Crippen molar-refractivity contribution >= 4 is 11.6 Å². The number of amides is 1. The van der Waals surface area contributed by atoms with Crippen LogP contribution in [0, 0.1) is 0 Å². The predicted molar refractivity (Wildman–Crippen MR) is 79.5 cm³/mol. The van der Waals surface area contributed by atoms with Gasteiger partial charge in [0.25, 0.3) is 5.91 Å². The molecule has 4 nitrogen and oxygen atoms in total. The van der Waals surface area contributed by atoms with Gasteiger partial charge in [-0.3, -0.25) is 9.78 Å². The molecule has 0 spiro atoms. The molecule has 1 heterocycles. The molecule has 0 aliphatic rings. The number of carbonyl (C=O) groups is 1. The van der Waals surface area contributed by atoms with Gasteiger partial charge in [-0.2, -0.15) is 0 Å². The number of carbonyl (C=O) groups excluding carboxylic acids is 1. The molecule has 0 saturated heterocycles. The lowest BCUT2D eigenvalue weighted by atomic mass is 10.1. The Morgan fingerprint density at radius 3 is 2.74 bits per heavy atom. The van der Waals surface area contributed by atoms with Crippen molar-refractivity contribution in [3.63, 3.8) is 0 Å². The Labute approximate surface area is 116 Å². The number of anilines is 1. The maximum atomic E-state index is 12.6. The van der Waals surface area contributed by atoms with E-state index in [2.05, 4.69) is 31.1 Å². The van der Waals surface area contributed by atoms with Crippen LogP contribution in [0.2, 0.25) is 0 Å². The van der Waals surface area contributed by atoms with Gasteiger partial charge in [0.05, 0.1) is 11.3 Å². The minimum absolute atomic E-state index is 0.0588. The first-order chi connectivity index (χ1) is 9.15. The fourth-order valence-electron chi connectivity index (χ4n) is 2.01. The number of nitrogens with one attached hydrogen (secondary N) is 1. The zero-order chi connectivity index (χ0) is 14.3. The van der Waals surface area contributed by atoms with Gasteiger partial charge < -0.3 is 10.2 Å². The van der Waals surface area contributed by atoms with Crippen molar-refractivity contribution in [2.45, 2.75) is 46.6 Å². The third-order valence-electron chi connectivity index (χ3n) is 3.34. The summed E-state index contributed by atoms with van der Waals surface area (Å²) in [5.74, 6) is 0.0588. The summed E-state index contributed by atoms with van der Waals surface area (Å²) in [4.78, 5) is 18.6. The van der Waals surface area contributed by atoms with Crippen LogP contribution in [0.1, 0.15) is 50.9 Å². The zero-order valence-electron chi connectivity index (χ0n) is 12.4. The molecule has 0 radical (unpaired) electrons. The highest BCUT2D eigenvalue weighted by Crippen LogP contribution is 2.18. The van der Waals surface area contributed by atoms with Gasteiger partial charge in [-0.1, -0.05) is 13.8 Å². The lowest BCUT2D eigenvalue weighted by molar-refractivity contribution is 0.0700. The fourth-order valence-corrected chi connectivity index (χ4v) is 2.01. The number of pyridine rings is 1. The van der Waals surface area contributed by atoms with Gasteiger partial charge in [0.15, 0.2) is 0 Å². The summed E-state index contributed by atoms with van der Waals surface area (Å²) in [5, 5.41) is 3.29. The van der Waals surface area contributed by atoms with E-state index in [9.17, 15) is 4.79 Å². The van der Waals surface area contributed by atoms with Crippen LogP contribution in [0.25, 0.3) is 0 Å². The van der Waals surface area contributed by atoms with Crippen LogP contribution in [-0.2, 0) is 0 Å². The molecule has 0 aromatic carbocycles. The van der Waals surface area contributed by atoms with Crippen LogP contribution in [0.15, 0.2) is 18.5 Å². The smallest absolute Gasteiger partial charge is 0.257 e. The van der Waals surface area contributed by atoms with Crippen LogP contribution < -0.4 is 5.32 Å². The molecule has 1 rings (SSSR count). The molecule has 1 atom stereocenters. The van der Waals surface area contributed by atoms with Crippen molar-refractivity contribution in [2.24, 2.45) is 0 Å². The minimum atomic E-state index is 0.0588. The maximum absolute atomic E-state index is 12.6. The van der Waals surface area contributed by atoms with Crippen molar-refractivity contribution in [3.05, 3.63) is 24.0 Å². The molecule has 1 unspecified atom stereocenters. The predicted octanol–water partition coefficient (Wildman–Crippen LogP) is 3.16. The molecule has 0 saturated carbocycles. The SMILES string of the molecule is CCCNc1ccncc1C(=O)N(CC)C(C)CC. The fraction of sp³-hybridized carbons (Fsp3) is 0.600. The highest BCUT2D eigenvalue weighted by atomic mass is 16.2.